The highest BCUT2D eigenvalue weighted by Crippen LogP contribution is 2.41. The number of halogens is 3. The Balaban J connectivity index is 2.06. The van der Waals surface area contributed by atoms with Gasteiger partial charge in [-0.3, -0.25) is 9.78 Å². The summed E-state index contributed by atoms with van der Waals surface area (Å²) >= 11 is 0. The van der Waals surface area contributed by atoms with E-state index in [9.17, 15) is 23.1 Å². The first-order valence-electron chi connectivity index (χ1n) is 7.40. The van der Waals surface area contributed by atoms with Crippen molar-refractivity contribution in [3.63, 3.8) is 0 Å². The molecule has 1 aliphatic rings. The van der Waals surface area contributed by atoms with Gasteiger partial charge in [0.15, 0.2) is 0 Å². The number of nitrogens with zero attached hydrogens (tertiary/aromatic N) is 3. The van der Waals surface area contributed by atoms with E-state index in [-0.39, 0.29) is 16.3 Å². The van der Waals surface area contributed by atoms with E-state index in [1.165, 1.54) is 36.7 Å². The number of benzene rings is 1. The molecule has 1 aliphatic heterocycles. The van der Waals surface area contributed by atoms with Crippen LogP contribution >= 0.6 is 0 Å². The Morgan fingerprint density at radius 2 is 1.92 bits per heavy atom. The Morgan fingerprint density at radius 1 is 1.24 bits per heavy atom. The maximum Gasteiger partial charge on any atom is 0.438 e. The summed E-state index contributed by atoms with van der Waals surface area (Å²) in [6, 6.07) is 9.03. The van der Waals surface area contributed by atoms with E-state index >= 15 is 0 Å². The van der Waals surface area contributed by atoms with Crippen LogP contribution in [-0.4, -0.2) is 38.6 Å². The molecule has 1 amide bonds. The maximum absolute atomic E-state index is 13.5. The number of aryl methyl sites for hydroxylation is 1. The maximum atomic E-state index is 13.5. The van der Waals surface area contributed by atoms with Crippen molar-refractivity contribution in [1.29, 1.82) is 0 Å². The van der Waals surface area contributed by atoms with Crippen LogP contribution in [0.25, 0.3) is 0 Å². The molecule has 0 spiro atoms. The van der Waals surface area contributed by atoms with Gasteiger partial charge < -0.3 is 5.11 Å². The normalized spacial score (nSPS) is 20.5. The van der Waals surface area contributed by atoms with Crippen molar-refractivity contribution in [1.82, 2.24) is 9.99 Å². The second kappa shape index (κ2) is 5.96. The molecule has 1 atom stereocenters. The lowest BCUT2D eigenvalue weighted by Gasteiger charge is -2.32. The van der Waals surface area contributed by atoms with E-state index in [0.29, 0.717) is 11.1 Å². The van der Waals surface area contributed by atoms with E-state index in [4.69, 9.17) is 0 Å². The second-order valence-electron chi connectivity index (χ2n) is 5.76. The molecule has 8 heteroatoms. The average Bonchev–Trinajstić information content (AvgIpc) is 2.94. The summed E-state index contributed by atoms with van der Waals surface area (Å²) in [5.74, 6) is -1.02. The highest BCUT2D eigenvalue weighted by atomic mass is 19.4. The van der Waals surface area contributed by atoms with Crippen LogP contribution < -0.4 is 0 Å². The Hall–Kier alpha value is -2.74. The molecule has 0 aliphatic carbocycles. The summed E-state index contributed by atoms with van der Waals surface area (Å²) in [4.78, 5) is 16.4. The van der Waals surface area contributed by atoms with Gasteiger partial charge >= 0.3 is 6.18 Å². The lowest BCUT2D eigenvalue weighted by atomic mass is 10.0. The molecular formula is C17H14F3N3O2. The van der Waals surface area contributed by atoms with Crippen molar-refractivity contribution < 1.29 is 23.1 Å². The van der Waals surface area contributed by atoms with E-state index < -0.39 is 24.2 Å². The number of rotatable bonds is 2. The molecule has 1 aromatic carbocycles. The summed E-state index contributed by atoms with van der Waals surface area (Å²) in [5, 5.41) is 14.2. The number of amides is 1. The summed E-state index contributed by atoms with van der Waals surface area (Å²) in [5.41, 5.74) is -2.35. The lowest BCUT2D eigenvalue weighted by Crippen LogP contribution is -2.56. The molecule has 130 valence electrons. The number of alkyl halides is 3. The lowest BCUT2D eigenvalue weighted by molar-refractivity contribution is -0.297. The van der Waals surface area contributed by atoms with E-state index in [0.717, 1.165) is 0 Å². The quantitative estimate of drug-likeness (QED) is 0.907. The van der Waals surface area contributed by atoms with Crippen molar-refractivity contribution in [3.8, 4) is 0 Å². The predicted molar refractivity (Wildman–Crippen MR) is 83.7 cm³/mol. The predicted octanol–water partition coefficient (Wildman–Crippen LogP) is 2.89. The molecule has 0 radical (unpaired) electrons. The Bertz CT molecular complexity index is 837. The Labute approximate surface area is 141 Å². The molecule has 5 nitrogen and oxygen atoms in total. The van der Waals surface area contributed by atoms with Gasteiger partial charge in [-0.25, -0.2) is 0 Å². The fourth-order valence-corrected chi connectivity index (χ4v) is 2.59. The average molecular weight is 349 g/mol. The topological polar surface area (TPSA) is 65.8 Å². The molecule has 0 bridgehead atoms. The number of aromatic nitrogens is 1. The molecule has 25 heavy (non-hydrogen) atoms. The number of hydrogen-bond acceptors (Lipinski definition) is 4. The number of hydrazone groups is 1. The van der Waals surface area contributed by atoms with Crippen molar-refractivity contribution in [2.75, 3.05) is 0 Å². The monoisotopic (exact) mass is 349 g/mol. The first-order valence-corrected chi connectivity index (χ1v) is 7.40. The number of carbonyl (C=O) groups is 1. The fourth-order valence-electron chi connectivity index (χ4n) is 2.59. The van der Waals surface area contributed by atoms with Crippen LogP contribution in [0.3, 0.4) is 0 Å². The third-order valence-corrected chi connectivity index (χ3v) is 3.91. The van der Waals surface area contributed by atoms with Gasteiger partial charge in [-0.05, 0) is 31.2 Å². The second-order valence-corrected chi connectivity index (χ2v) is 5.76. The van der Waals surface area contributed by atoms with Gasteiger partial charge in [0.25, 0.3) is 11.6 Å². The minimum absolute atomic E-state index is 0.0161. The number of hydrogen-bond donors (Lipinski definition) is 1. The summed E-state index contributed by atoms with van der Waals surface area (Å²) < 4.78 is 40.5. The van der Waals surface area contributed by atoms with Crippen LogP contribution in [0.2, 0.25) is 0 Å². The first kappa shape index (κ1) is 17.1. The van der Waals surface area contributed by atoms with Crippen LogP contribution in [-0.2, 0) is 0 Å². The molecule has 1 aromatic heterocycles. The zero-order valence-electron chi connectivity index (χ0n) is 13.2. The summed E-state index contributed by atoms with van der Waals surface area (Å²) in [6.45, 7) is 1.71. The highest BCUT2D eigenvalue weighted by molar-refractivity contribution is 6.05. The smallest absolute Gasteiger partial charge is 0.362 e. The zero-order valence-corrected chi connectivity index (χ0v) is 13.2. The molecule has 0 saturated carbocycles. The van der Waals surface area contributed by atoms with Gasteiger partial charge in [-0.15, -0.1) is 0 Å². The molecule has 1 N–H and O–H groups in total. The van der Waals surface area contributed by atoms with Gasteiger partial charge in [0.1, 0.15) is 0 Å². The largest absolute Gasteiger partial charge is 0.438 e. The standard InChI is InChI=1S/C17H14F3N3O2/c1-11-3-2-4-13(9-11)15(24)23-16(25,17(18,19)20)10-14(22-23)12-5-7-21-8-6-12/h2-9,25H,10H2,1H3. The SMILES string of the molecule is Cc1cccc(C(=O)N2N=C(c3ccncc3)CC2(O)C(F)(F)F)c1. The third-order valence-electron chi connectivity index (χ3n) is 3.91. The number of carbonyl (C=O) groups excluding carboxylic acids is 1. The van der Waals surface area contributed by atoms with Crippen molar-refractivity contribution in [2.45, 2.75) is 25.2 Å². The van der Waals surface area contributed by atoms with E-state index in [1.807, 2.05) is 0 Å². The summed E-state index contributed by atoms with van der Waals surface area (Å²) in [7, 11) is 0. The van der Waals surface area contributed by atoms with Gasteiger partial charge in [0.2, 0.25) is 0 Å². The minimum atomic E-state index is -5.06. The molecular weight excluding hydrogens is 335 g/mol. The zero-order chi connectivity index (χ0) is 18.2. The molecule has 2 heterocycles. The van der Waals surface area contributed by atoms with Crippen LogP contribution in [0.5, 0.6) is 0 Å². The van der Waals surface area contributed by atoms with Crippen molar-refractivity contribution in [3.05, 3.63) is 65.5 Å². The van der Waals surface area contributed by atoms with Crippen LogP contribution in [0, 0.1) is 6.92 Å². The number of pyridine rings is 1. The molecule has 3 rings (SSSR count). The summed E-state index contributed by atoms with van der Waals surface area (Å²) in [6.07, 6.45) is -3.12. The van der Waals surface area contributed by atoms with E-state index in [2.05, 4.69) is 10.1 Å². The number of aliphatic hydroxyl groups is 1. The van der Waals surface area contributed by atoms with Crippen LogP contribution in [0.4, 0.5) is 13.2 Å². The molecule has 0 fully saturated rings. The van der Waals surface area contributed by atoms with Crippen molar-refractivity contribution in [2.24, 2.45) is 5.10 Å². The highest BCUT2D eigenvalue weighted by Gasteiger charge is 2.63. The van der Waals surface area contributed by atoms with Gasteiger partial charge in [-0.2, -0.15) is 23.3 Å². The van der Waals surface area contributed by atoms with Gasteiger partial charge in [0.05, 0.1) is 12.1 Å². The fraction of sp³-hybridized carbons (Fsp3) is 0.235. The minimum Gasteiger partial charge on any atom is -0.362 e. The Morgan fingerprint density at radius 3 is 2.52 bits per heavy atom. The van der Waals surface area contributed by atoms with Crippen LogP contribution in [0.1, 0.15) is 27.9 Å². The molecule has 2 aromatic rings. The Kier molecular flexibility index (Phi) is 4.08. The third kappa shape index (κ3) is 3.00. The first-order chi connectivity index (χ1) is 11.7. The molecule has 0 saturated heterocycles. The van der Waals surface area contributed by atoms with Gasteiger partial charge in [-0.1, -0.05) is 17.7 Å². The van der Waals surface area contributed by atoms with Gasteiger partial charge in [0, 0.05) is 23.5 Å². The van der Waals surface area contributed by atoms with Crippen LogP contribution in [0.15, 0.2) is 53.9 Å². The van der Waals surface area contributed by atoms with Crippen molar-refractivity contribution >= 4 is 11.6 Å². The molecule has 1 unspecified atom stereocenters. The van der Waals surface area contributed by atoms with E-state index in [1.54, 1.807) is 19.1 Å².